The second kappa shape index (κ2) is 7.83. The second-order valence-electron chi connectivity index (χ2n) is 6.11. The molecule has 1 heterocycles. The molecule has 0 atom stereocenters. The van der Waals surface area contributed by atoms with Crippen LogP contribution in [0.4, 0.5) is 11.4 Å². The number of cyclic esters (lactones) is 2. The maximum Gasteiger partial charge on any atom is 0.350 e. The summed E-state index contributed by atoms with van der Waals surface area (Å²) in [7, 11) is 0. The SMILES string of the molecule is CCCCC(=O)Nc1ccc(NC=C2C(=O)OC(C)(C)OC2=O)cc1. The lowest BCUT2D eigenvalue weighted by Crippen LogP contribution is -2.42. The molecule has 134 valence electrons. The summed E-state index contributed by atoms with van der Waals surface area (Å²) in [4.78, 5) is 35.3. The highest BCUT2D eigenvalue weighted by Crippen LogP contribution is 2.23. The Kier molecular flexibility index (Phi) is 5.80. The minimum Gasteiger partial charge on any atom is -0.419 e. The summed E-state index contributed by atoms with van der Waals surface area (Å²) >= 11 is 0. The van der Waals surface area contributed by atoms with Crippen molar-refractivity contribution in [1.29, 1.82) is 0 Å². The fraction of sp³-hybridized carbons (Fsp3) is 0.389. The van der Waals surface area contributed by atoms with E-state index in [2.05, 4.69) is 10.6 Å². The number of rotatable bonds is 6. The third-order valence-electron chi connectivity index (χ3n) is 3.43. The van der Waals surface area contributed by atoms with Crippen LogP contribution in [-0.4, -0.2) is 23.6 Å². The molecule has 0 radical (unpaired) electrons. The van der Waals surface area contributed by atoms with Crippen molar-refractivity contribution in [2.24, 2.45) is 0 Å². The van der Waals surface area contributed by atoms with Gasteiger partial charge in [0.2, 0.25) is 5.91 Å². The molecule has 0 bridgehead atoms. The molecule has 0 spiro atoms. The van der Waals surface area contributed by atoms with Crippen LogP contribution in [0.5, 0.6) is 0 Å². The third kappa shape index (κ3) is 5.34. The van der Waals surface area contributed by atoms with Gasteiger partial charge in [0.15, 0.2) is 5.57 Å². The van der Waals surface area contributed by atoms with Gasteiger partial charge in [-0.25, -0.2) is 9.59 Å². The number of anilines is 2. The smallest absolute Gasteiger partial charge is 0.350 e. The van der Waals surface area contributed by atoms with E-state index in [1.807, 2.05) is 6.92 Å². The number of ether oxygens (including phenoxy) is 2. The number of hydrogen-bond donors (Lipinski definition) is 2. The molecule has 1 fully saturated rings. The Labute approximate surface area is 146 Å². The van der Waals surface area contributed by atoms with Crippen molar-refractivity contribution >= 4 is 29.2 Å². The van der Waals surface area contributed by atoms with Crippen molar-refractivity contribution < 1.29 is 23.9 Å². The number of hydrogen-bond acceptors (Lipinski definition) is 6. The summed E-state index contributed by atoms with van der Waals surface area (Å²) in [5.41, 5.74) is 1.11. The molecule has 1 aliphatic heterocycles. The van der Waals surface area contributed by atoms with Crippen LogP contribution in [0.2, 0.25) is 0 Å². The zero-order valence-electron chi connectivity index (χ0n) is 14.5. The molecule has 1 aromatic rings. The first-order valence-corrected chi connectivity index (χ1v) is 8.14. The van der Waals surface area contributed by atoms with E-state index in [0.717, 1.165) is 12.8 Å². The van der Waals surface area contributed by atoms with Crippen molar-refractivity contribution in [3.8, 4) is 0 Å². The van der Waals surface area contributed by atoms with Gasteiger partial charge in [-0.05, 0) is 30.7 Å². The van der Waals surface area contributed by atoms with Gasteiger partial charge >= 0.3 is 11.9 Å². The van der Waals surface area contributed by atoms with Crippen molar-refractivity contribution in [2.75, 3.05) is 10.6 Å². The highest BCUT2D eigenvalue weighted by Gasteiger charge is 2.38. The fourth-order valence-corrected chi connectivity index (χ4v) is 2.14. The van der Waals surface area contributed by atoms with Crippen molar-refractivity contribution in [3.05, 3.63) is 36.0 Å². The van der Waals surface area contributed by atoms with Crippen molar-refractivity contribution in [3.63, 3.8) is 0 Å². The summed E-state index contributed by atoms with van der Waals surface area (Å²) in [5, 5.41) is 5.64. The maximum atomic E-state index is 11.8. The largest absolute Gasteiger partial charge is 0.419 e. The van der Waals surface area contributed by atoms with Crippen LogP contribution in [0.1, 0.15) is 40.0 Å². The Hall–Kier alpha value is -2.83. The van der Waals surface area contributed by atoms with E-state index in [1.54, 1.807) is 24.3 Å². The molecule has 2 rings (SSSR count). The van der Waals surface area contributed by atoms with Crippen LogP contribution in [-0.2, 0) is 23.9 Å². The number of unbranched alkanes of at least 4 members (excludes halogenated alkanes) is 1. The minimum atomic E-state index is -1.26. The van der Waals surface area contributed by atoms with Crippen LogP contribution in [0, 0.1) is 0 Å². The first-order valence-electron chi connectivity index (χ1n) is 8.14. The van der Waals surface area contributed by atoms with E-state index < -0.39 is 17.7 Å². The average Bonchev–Trinajstić information content (AvgIpc) is 2.52. The number of carbonyl (C=O) groups is 3. The molecule has 0 saturated carbocycles. The Morgan fingerprint density at radius 3 is 2.20 bits per heavy atom. The zero-order valence-corrected chi connectivity index (χ0v) is 14.5. The Morgan fingerprint density at radius 2 is 1.64 bits per heavy atom. The lowest BCUT2D eigenvalue weighted by atomic mass is 10.2. The summed E-state index contributed by atoms with van der Waals surface area (Å²) < 4.78 is 10.0. The molecule has 1 aliphatic rings. The molecule has 7 heteroatoms. The van der Waals surface area contributed by atoms with E-state index in [0.29, 0.717) is 17.8 Å². The number of nitrogens with one attached hydrogen (secondary N) is 2. The fourth-order valence-electron chi connectivity index (χ4n) is 2.14. The number of amides is 1. The zero-order chi connectivity index (χ0) is 18.4. The van der Waals surface area contributed by atoms with Crippen LogP contribution >= 0.6 is 0 Å². The number of esters is 2. The van der Waals surface area contributed by atoms with E-state index >= 15 is 0 Å². The molecule has 0 aliphatic carbocycles. The van der Waals surface area contributed by atoms with Crippen LogP contribution < -0.4 is 10.6 Å². The Balaban J connectivity index is 1.96. The molecule has 7 nitrogen and oxygen atoms in total. The molecule has 0 unspecified atom stereocenters. The molecular weight excluding hydrogens is 324 g/mol. The van der Waals surface area contributed by atoms with Gasteiger partial charge < -0.3 is 20.1 Å². The number of benzene rings is 1. The first-order chi connectivity index (χ1) is 11.8. The predicted molar refractivity (Wildman–Crippen MR) is 92.6 cm³/mol. The van der Waals surface area contributed by atoms with Gasteiger partial charge in [-0.15, -0.1) is 0 Å². The van der Waals surface area contributed by atoms with E-state index in [1.165, 1.54) is 20.0 Å². The topological polar surface area (TPSA) is 93.7 Å². The van der Waals surface area contributed by atoms with E-state index in [-0.39, 0.29) is 11.5 Å². The third-order valence-corrected chi connectivity index (χ3v) is 3.43. The lowest BCUT2D eigenvalue weighted by Gasteiger charge is -2.29. The van der Waals surface area contributed by atoms with E-state index in [9.17, 15) is 14.4 Å². The van der Waals surface area contributed by atoms with Crippen molar-refractivity contribution in [1.82, 2.24) is 0 Å². The molecule has 25 heavy (non-hydrogen) atoms. The molecule has 1 saturated heterocycles. The molecule has 0 aromatic heterocycles. The maximum absolute atomic E-state index is 11.8. The average molecular weight is 346 g/mol. The lowest BCUT2D eigenvalue weighted by molar-refractivity contribution is -0.222. The predicted octanol–water partition coefficient (Wildman–Crippen LogP) is 2.95. The summed E-state index contributed by atoms with van der Waals surface area (Å²) in [6, 6.07) is 6.89. The molecule has 2 N–H and O–H groups in total. The van der Waals surface area contributed by atoms with Gasteiger partial charge in [0.25, 0.3) is 5.79 Å². The number of carbonyl (C=O) groups excluding carboxylic acids is 3. The van der Waals surface area contributed by atoms with Gasteiger partial charge in [0, 0.05) is 37.8 Å². The highest BCUT2D eigenvalue weighted by molar-refractivity contribution is 6.15. The summed E-state index contributed by atoms with van der Waals surface area (Å²) in [5.74, 6) is -2.77. The minimum absolute atomic E-state index is 0.0278. The summed E-state index contributed by atoms with van der Waals surface area (Å²) in [6.45, 7) is 5.00. The first kappa shape index (κ1) is 18.5. The van der Waals surface area contributed by atoms with Gasteiger partial charge in [0.05, 0.1) is 0 Å². The van der Waals surface area contributed by atoms with Crippen LogP contribution in [0.25, 0.3) is 0 Å². The van der Waals surface area contributed by atoms with Gasteiger partial charge in [-0.1, -0.05) is 13.3 Å². The van der Waals surface area contributed by atoms with Gasteiger partial charge in [-0.3, -0.25) is 4.79 Å². The highest BCUT2D eigenvalue weighted by atomic mass is 16.7. The van der Waals surface area contributed by atoms with Crippen molar-refractivity contribution in [2.45, 2.75) is 45.8 Å². The van der Waals surface area contributed by atoms with Crippen LogP contribution in [0.15, 0.2) is 36.0 Å². The second-order valence-corrected chi connectivity index (χ2v) is 6.11. The Bertz CT molecular complexity index is 670. The standard InChI is InChI=1S/C18H22N2O5/c1-4-5-6-15(21)20-13-9-7-12(8-10-13)19-11-14-16(22)24-18(2,3)25-17(14)23/h7-11,19H,4-6H2,1-3H3,(H,20,21). The van der Waals surface area contributed by atoms with Gasteiger partial charge in [0.1, 0.15) is 0 Å². The molecule has 1 aromatic carbocycles. The monoisotopic (exact) mass is 346 g/mol. The van der Waals surface area contributed by atoms with Gasteiger partial charge in [-0.2, -0.15) is 0 Å². The normalized spacial score (nSPS) is 15.9. The Morgan fingerprint density at radius 1 is 1.08 bits per heavy atom. The summed E-state index contributed by atoms with van der Waals surface area (Å²) in [6.07, 6.45) is 3.55. The molecular formula is C18H22N2O5. The molecule has 1 amide bonds. The van der Waals surface area contributed by atoms with E-state index in [4.69, 9.17) is 9.47 Å². The quantitative estimate of drug-likeness (QED) is 0.467. The van der Waals surface area contributed by atoms with Crippen LogP contribution in [0.3, 0.4) is 0 Å².